The standard InChI is InChI=1S/C30H45N8O11P/c1-17(2)9-22(27(42)34-21(13-39)11-20-12-32-16-33-20)35-30(45)25(15-49-50(46,47)48)38-28(43)23(10-19-7-5-4-6-8-19)36-29(44)24(14-40)37-26(41)18(3)31/h4-8,12-13,16-18,21-25,40H,9-11,14-15,31H2,1-3H3,(H,32,33)(H,34,42)(H,35,45)(H,36,44)(H,37,41)(H,38,43)(H2,46,47,48)/t18-,21-,22-,23-,24-,25-/m0/s1. The predicted octanol–water partition coefficient (Wildman–Crippen LogP) is -2.69. The molecule has 1 heterocycles. The zero-order valence-corrected chi connectivity index (χ0v) is 28.7. The quantitative estimate of drug-likeness (QED) is 0.0464. The molecule has 11 N–H and O–H groups in total. The third-order valence-corrected chi connectivity index (χ3v) is 7.50. The van der Waals surface area contributed by atoms with Crippen LogP contribution in [0.5, 0.6) is 0 Å². The SMILES string of the molecule is CC(C)C[C@H](NC(=O)[C@H](COP(=O)(O)O)NC(=O)[C@H](Cc1ccccc1)NC(=O)[C@H](CO)NC(=O)[C@H](C)N)C(=O)N[C@H](C=O)Cc1cnc[nH]1. The third kappa shape index (κ3) is 14.9. The lowest BCUT2D eigenvalue weighted by atomic mass is 10.0. The van der Waals surface area contributed by atoms with Gasteiger partial charge in [0.1, 0.15) is 30.5 Å². The van der Waals surface area contributed by atoms with Crippen LogP contribution in [0.4, 0.5) is 0 Å². The van der Waals surface area contributed by atoms with Crippen LogP contribution in [0.15, 0.2) is 42.9 Å². The average molecular weight is 725 g/mol. The number of H-pyrrole nitrogens is 1. The molecule has 2 aromatic rings. The number of aromatic amines is 1. The van der Waals surface area contributed by atoms with E-state index in [4.69, 9.17) is 5.73 Å². The largest absolute Gasteiger partial charge is 0.469 e. The zero-order chi connectivity index (χ0) is 37.4. The van der Waals surface area contributed by atoms with Crippen LogP contribution < -0.4 is 32.3 Å². The minimum atomic E-state index is -5.18. The monoisotopic (exact) mass is 724 g/mol. The molecule has 0 spiro atoms. The third-order valence-electron chi connectivity index (χ3n) is 7.01. The van der Waals surface area contributed by atoms with Crippen LogP contribution in [0, 0.1) is 5.92 Å². The summed E-state index contributed by atoms with van der Waals surface area (Å²) in [7, 11) is -5.18. The van der Waals surface area contributed by atoms with Crippen LogP contribution in [0.25, 0.3) is 0 Å². The van der Waals surface area contributed by atoms with E-state index in [-0.39, 0.29) is 25.2 Å². The Morgan fingerprint density at radius 3 is 1.96 bits per heavy atom. The van der Waals surface area contributed by atoms with Crippen LogP contribution in [-0.2, 0) is 50.7 Å². The van der Waals surface area contributed by atoms with Crippen molar-refractivity contribution in [3.05, 3.63) is 54.1 Å². The summed E-state index contributed by atoms with van der Waals surface area (Å²) in [5.41, 5.74) is 6.64. The number of aldehydes is 1. The number of phosphoric ester groups is 1. The molecule has 19 nitrogen and oxygen atoms in total. The molecule has 1 aromatic carbocycles. The molecule has 0 saturated carbocycles. The second-order valence-corrected chi connectivity index (χ2v) is 13.1. The summed E-state index contributed by atoms with van der Waals surface area (Å²) in [4.78, 5) is 103. The van der Waals surface area contributed by atoms with E-state index < -0.39 is 86.8 Å². The van der Waals surface area contributed by atoms with Crippen molar-refractivity contribution in [1.29, 1.82) is 0 Å². The molecule has 276 valence electrons. The normalized spacial score (nSPS) is 15.0. The number of aliphatic hydroxyl groups is 1. The van der Waals surface area contributed by atoms with Crippen molar-refractivity contribution in [2.75, 3.05) is 13.2 Å². The van der Waals surface area contributed by atoms with Gasteiger partial charge in [0.25, 0.3) is 0 Å². The highest BCUT2D eigenvalue weighted by Crippen LogP contribution is 2.35. The summed E-state index contributed by atoms with van der Waals surface area (Å²) in [5, 5.41) is 21.7. The number of hydrogen-bond acceptors (Lipinski definition) is 11. The van der Waals surface area contributed by atoms with Gasteiger partial charge >= 0.3 is 7.82 Å². The number of rotatable bonds is 21. The van der Waals surface area contributed by atoms with E-state index in [9.17, 15) is 48.2 Å². The summed E-state index contributed by atoms with van der Waals surface area (Å²) in [6.07, 6.45) is 3.36. The van der Waals surface area contributed by atoms with E-state index in [1.807, 2.05) is 0 Å². The molecule has 0 aliphatic rings. The molecule has 0 aliphatic heterocycles. The number of hydrogen-bond donors (Lipinski definition) is 10. The van der Waals surface area contributed by atoms with Gasteiger partial charge in [-0.05, 0) is 24.8 Å². The van der Waals surface area contributed by atoms with Crippen molar-refractivity contribution < 1.29 is 52.7 Å². The van der Waals surface area contributed by atoms with Crippen LogP contribution in [0.2, 0.25) is 0 Å². The zero-order valence-electron chi connectivity index (χ0n) is 27.8. The molecule has 0 saturated heterocycles. The second-order valence-electron chi connectivity index (χ2n) is 11.9. The van der Waals surface area contributed by atoms with Crippen LogP contribution >= 0.6 is 7.82 Å². The molecule has 2 rings (SSSR count). The molecular formula is C30H45N8O11P. The second kappa shape index (κ2) is 20.2. The summed E-state index contributed by atoms with van der Waals surface area (Å²) in [6.45, 7) is 2.98. The van der Waals surface area contributed by atoms with Gasteiger partial charge in [0, 0.05) is 24.7 Å². The van der Waals surface area contributed by atoms with Gasteiger partial charge in [-0.2, -0.15) is 0 Å². The van der Waals surface area contributed by atoms with E-state index in [1.165, 1.54) is 19.4 Å². The highest BCUT2D eigenvalue weighted by atomic mass is 31.2. The molecule has 0 radical (unpaired) electrons. The lowest BCUT2D eigenvalue weighted by Crippen LogP contribution is -2.60. The van der Waals surface area contributed by atoms with Crippen molar-refractivity contribution >= 4 is 43.6 Å². The fourth-order valence-electron chi connectivity index (χ4n) is 4.48. The first-order valence-corrected chi connectivity index (χ1v) is 17.1. The molecular weight excluding hydrogens is 679 g/mol. The molecule has 0 fully saturated rings. The molecule has 0 unspecified atom stereocenters. The Balaban J connectivity index is 2.33. The number of phosphoric acid groups is 1. The van der Waals surface area contributed by atoms with Gasteiger partial charge < -0.3 is 57.0 Å². The number of amides is 5. The van der Waals surface area contributed by atoms with Gasteiger partial charge in [0.2, 0.25) is 29.5 Å². The van der Waals surface area contributed by atoms with E-state index >= 15 is 0 Å². The molecule has 5 amide bonds. The fourth-order valence-corrected chi connectivity index (χ4v) is 4.82. The first kappa shape index (κ1) is 41.7. The van der Waals surface area contributed by atoms with E-state index in [0.29, 0.717) is 17.5 Å². The Morgan fingerprint density at radius 1 is 0.860 bits per heavy atom. The number of benzene rings is 1. The smallest absolute Gasteiger partial charge is 0.394 e. The maximum atomic E-state index is 13.6. The van der Waals surface area contributed by atoms with Crippen molar-refractivity contribution in [2.24, 2.45) is 11.7 Å². The number of aromatic nitrogens is 2. The Kier molecular flexibility index (Phi) is 16.8. The van der Waals surface area contributed by atoms with Crippen LogP contribution in [0.3, 0.4) is 0 Å². The van der Waals surface area contributed by atoms with Crippen molar-refractivity contribution in [1.82, 2.24) is 36.6 Å². The summed E-state index contributed by atoms with van der Waals surface area (Å²) >= 11 is 0. The lowest BCUT2D eigenvalue weighted by Gasteiger charge is -2.27. The topological polar surface area (TPSA) is 304 Å². The fraction of sp³-hybridized carbons (Fsp3) is 0.500. The molecule has 20 heteroatoms. The average Bonchev–Trinajstić information content (AvgIpc) is 3.57. The molecule has 50 heavy (non-hydrogen) atoms. The Bertz CT molecular complexity index is 1470. The molecule has 0 aliphatic carbocycles. The molecule has 1 aromatic heterocycles. The van der Waals surface area contributed by atoms with Gasteiger partial charge in [-0.1, -0.05) is 44.2 Å². The van der Waals surface area contributed by atoms with Crippen LogP contribution in [0.1, 0.15) is 38.4 Å². The maximum absolute atomic E-state index is 13.6. The first-order valence-electron chi connectivity index (χ1n) is 15.6. The summed E-state index contributed by atoms with van der Waals surface area (Å²) in [6, 6.07) is 0.275. The first-order chi connectivity index (χ1) is 23.5. The Hall–Kier alpha value is -4.52. The number of carbonyl (C=O) groups excluding carboxylic acids is 6. The summed E-state index contributed by atoms with van der Waals surface area (Å²) < 4.78 is 16.1. The highest BCUT2D eigenvalue weighted by molar-refractivity contribution is 7.46. The minimum Gasteiger partial charge on any atom is -0.394 e. The van der Waals surface area contributed by atoms with Gasteiger partial charge in [0.05, 0.1) is 31.6 Å². The van der Waals surface area contributed by atoms with Crippen LogP contribution in [-0.4, -0.2) is 110 Å². The van der Waals surface area contributed by atoms with Crippen molar-refractivity contribution in [3.8, 4) is 0 Å². The van der Waals surface area contributed by atoms with Crippen molar-refractivity contribution in [3.63, 3.8) is 0 Å². The number of carbonyl (C=O) groups is 6. The predicted molar refractivity (Wildman–Crippen MR) is 176 cm³/mol. The Morgan fingerprint density at radius 2 is 1.42 bits per heavy atom. The van der Waals surface area contributed by atoms with Gasteiger partial charge in [-0.25, -0.2) is 9.55 Å². The highest BCUT2D eigenvalue weighted by Gasteiger charge is 2.33. The molecule has 6 atom stereocenters. The number of nitrogens with two attached hydrogens (primary N) is 1. The van der Waals surface area contributed by atoms with E-state index in [0.717, 1.165) is 0 Å². The van der Waals surface area contributed by atoms with E-state index in [1.54, 1.807) is 44.2 Å². The number of nitrogens with one attached hydrogen (secondary N) is 6. The van der Waals surface area contributed by atoms with Crippen molar-refractivity contribution in [2.45, 2.75) is 76.3 Å². The number of aliphatic hydroxyl groups excluding tert-OH is 1. The summed E-state index contributed by atoms with van der Waals surface area (Å²) in [5.74, 6) is -4.74. The lowest BCUT2D eigenvalue weighted by molar-refractivity contribution is -0.135. The van der Waals surface area contributed by atoms with Gasteiger partial charge in [-0.15, -0.1) is 0 Å². The number of nitrogens with zero attached hydrogens (tertiary/aromatic N) is 1. The van der Waals surface area contributed by atoms with Gasteiger partial charge in [-0.3, -0.25) is 28.5 Å². The van der Waals surface area contributed by atoms with E-state index in [2.05, 4.69) is 41.1 Å². The maximum Gasteiger partial charge on any atom is 0.469 e. The number of imidazole rings is 1. The minimum absolute atomic E-state index is 0.0651. The Labute approximate surface area is 288 Å². The molecule has 0 bridgehead atoms. The van der Waals surface area contributed by atoms with Gasteiger partial charge in [0.15, 0.2) is 0 Å².